The number of amides is 4. The van der Waals surface area contributed by atoms with Gasteiger partial charge in [0.05, 0.1) is 33.3 Å². The highest BCUT2D eigenvalue weighted by Gasteiger charge is 2.23. The van der Waals surface area contributed by atoms with Gasteiger partial charge >= 0.3 is 0 Å². The number of aromatic nitrogens is 2. The molecule has 1 aromatic heterocycles. The van der Waals surface area contributed by atoms with Gasteiger partial charge in [-0.05, 0) is 99.5 Å². The van der Waals surface area contributed by atoms with Crippen LogP contribution in [0.15, 0.2) is 114 Å². The highest BCUT2D eigenvalue weighted by molar-refractivity contribution is 9.10. The van der Waals surface area contributed by atoms with Gasteiger partial charge in [-0.3, -0.25) is 19.2 Å². The largest absolute Gasteiger partial charge is 0.489 e. The zero-order valence-corrected chi connectivity index (χ0v) is 39.2. The molecule has 6 aromatic rings. The Morgan fingerprint density at radius 1 is 0.618 bits per heavy atom. The van der Waals surface area contributed by atoms with Gasteiger partial charge in [-0.25, -0.2) is 4.98 Å². The first-order valence-electron chi connectivity index (χ1n) is 20.3. The molecule has 12 nitrogen and oxygen atoms in total. The minimum absolute atomic E-state index is 0. The third-order valence-electron chi connectivity index (χ3n) is 9.64. The number of rotatable bonds is 15. The molecule has 2 atom stereocenters. The average molecular weight is 1040 g/mol. The Morgan fingerprint density at radius 3 is 1.41 bits per heavy atom. The molecule has 68 heavy (non-hydrogen) atoms. The van der Waals surface area contributed by atoms with Crippen molar-refractivity contribution in [3.8, 4) is 22.9 Å². The van der Waals surface area contributed by atoms with Crippen LogP contribution in [0.25, 0.3) is 22.4 Å². The molecular formula is C53H71BrCl2N6O6. The van der Waals surface area contributed by atoms with E-state index in [4.69, 9.17) is 37.7 Å². The number of nitrogens with one attached hydrogen (secondary N) is 4. The van der Waals surface area contributed by atoms with Crippen molar-refractivity contribution in [3.63, 3.8) is 0 Å². The van der Waals surface area contributed by atoms with E-state index in [1.807, 2.05) is 108 Å². The van der Waals surface area contributed by atoms with Crippen molar-refractivity contribution in [2.45, 2.75) is 102 Å². The van der Waals surface area contributed by atoms with Crippen LogP contribution >= 0.6 is 39.1 Å². The first-order chi connectivity index (χ1) is 30.1. The zero-order valence-electron chi connectivity index (χ0n) is 36.1. The predicted octanol–water partition coefficient (Wildman–Crippen LogP) is 11.9. The van der Waals surface area contributed by atoms with E-state index >= 15 is 0 Å². The number of halogens is 3. The lowest BCUT2D eigenvalue weighted by molar-refractivity contribution is -0.123. The van der Waals surface area contributed by atoms with Crippen LogP contribution in [0.5, 0.6) is 11.5 Å². The summed E-state index contributed by atoms with van der Waals surface area (Å²) in [5, 5.41) is 11.5. The van der Waals surface area contributed by atoms with Crippen LogP contribution in [-0.4, -0.2) is 71.6 Å². The molecule has 0 fully saturated rings. The lowest BCUT2D eigenvalue weighted by Gasteiger charge is -2.18. The third kappa shape index (κ3) is 17.0. The normalized spacial score (nSPS) is 11.0. The third-order valence-corrected chi connectivity index (χ3v) is 10.8. The summed E-state index contributed by atoms with van der Waals surface area (Å²) in [6.07, 6.45) is 0.644. The van der Waals surface area contributed by atoms with Crippen molar-refractivity contribution < 1.29 is 28.7 Å². The molecule has 6 rings (SSSR count). The predicted molar refractivity (Wildman–Crippen MR) is 286 cm³/mol. The Labute approximate surface area is 423 Å². The number of likely N-dealkylation sites (N-methyl/N-ethyl adjacent to an activating group) is 2. The number of ether oxygens (including phenoxy) is 2. The van der Waals surface area contributed by atoms with Crippen molar-refractivity contribution in [2.24, 2.45) is 7.05 Å². The number of fused-ring (bicyclic) bond motifs is 1. The maximum absolute atomic E-state index is 12.9. The number of aryl methyl sites for hydroxylation is 1. The van der Waals surface area contributed by atoms with Gasteiger partial charge in [0.2, 0.25) is 11.8 Å². The summed E-state index contributed by atoms with van der Waals surface area (Å²) in [6.45, 7) is 7.59. The first-order valence-corrected chi connectivity index (χ1v) is 21.8. The lowest BCUT2D eigenvalue weighted by Crippen LogP contribution is -2.47. The van der Waals surface area contributed by atoms with Crippen molar-refractivity contribution >= 4 is 73.8 Å². The van der Waals surface area contributed by atoms with Crippen LogP contribution in [0.2, 0.25) is 10.0 Å². The maximum Gasteiger partial charge on any atom is 0.251 e. The van der Waals surface area contributed by atoms with Gasteiger partial charge < -0.3 is 35.3 Å². The fourth-order valence-electron chi connectivity index (χ4n) is 6.52. The summed E-state index contributed by atoms with van der Waals surface area (Å²) in [5.74, 6) is 0.566. The molecule has 4 amide bonds. The summed E-state index contributed by atoms with van der Waals surface area (Å²) in [7, 11) is 5.08. The topological polar surface area (TPSA) is 153 Å². The second-order valence-electron chi connectivity index (χ2n) is 15.1. The second kappa shape index (κ2) is 29.1. The molecular weight excluding hydrogens is 967 g/mol. The van der Waals surface area contributed by atoms with E-state index < -0.39 is 18.0 Å². The van der Waals surface area contributed by atoms with Crippen LogP contribution in [0, 0.1) is 0 Å². The molecule has 5 aromatic carbocycles. The van der Waals surface area contributed by atoms with Crippen molar-refractivity contribution in [3.05, 3.63) is 146 Å². The van der Waals surface area contributed by atoms with Crippen molar-refractivity contribution in [2.75, 3.05) is 14.1 Å². The van der Waals surface area contributed by atoms with E-state index in [1.54, 1.807) is 37.4 Å². The Kier molecular flexibility index (Phi) is 26.6. The Hall–Kier alpha value is -5.89. The zero-order chi connectivity index (χ0) is 45.8. The number of imidazole rings is 1. The molecule has 0 aliphatic rings. The molecule has 1 heterocycles. The van der Waals surface area contributed by atoms with Crippen molar-refractivity contribution in [1.82, 2.24) is 30.8 Å². The first kappa shape index (κ1) is 62.1. The quantitative estimate of drug-likeness (QED) is 0.0799. The number of nitrogens with zero attached hydrogens (tertiary/aromatic N) is 2. The summed E-state index contributed by atoms with van der Waals surface area (Å²) in [6, 6.07) is 31.6. The van der Waals surface area contributed by atoms with Crippen LogP contribution in [-0.2, 0) is 29.5 Å². The van der Waals surface area contributed by atoms with Gasteiger partial charge in [0.25, 0.3) is 11.8 Å². The van der Waals surface area contributed by atoms with E-state index in [0.29, 0.717) is 45.5 Å². The minimum Gasteiger partial charge on any atom is -0.489 e. The Balaban J connectivity index is 0.00000127. The molecule has 4 N–H and O–H groups in total. The fraction of sp³-hybridized carbons (Fsp3) is 0.340. The lowest BCUT2D eigenvalue weighted by atomic mass is 10.0. The number of hydrogen-bond donors (Lipinski definition) is 4. The van der Waals surface area contributed by atoms with Crippen LogP contribution in [0.3, 0.4) is 0 Å². The van der Waals surface area contributed by atoms with Gasteiger partial charge in [0, 0.05) is 55.1 Å². The van der Waals surface area contributed by atoms with Gasteiger partial charge in [-0.2, -0.15) is 0 Å². The van der Waals surface area contributed by atoms with Crippen LogP contribution < -0.4 is 30.7 Å². The highest BCUT2D eigenvalue weighted by atomic mass is 79.9. The van der Waals surface area contributed by atoms with Gasteiger partial charge in [0.1, 0.15) is 29.4 Å². The Bertz CT molecular complexity index is 2550. The monoisotopic (exact) mass is 1040 g/mol. The van der Waals surface area contributed by atoms with E-state index in [9.17, 15) is 19.2 Å². The minimum atomic E-state index is -0.755. The number of hydrogen-bond acceptors (Lipinski definition) is 7. The van der Waals surface area contributed by atoms with Gasteiger partial charge in [-0.15, -0.1) is 0 Å². The van der Waals surface area contributed by atoms with E-state index in [1.165, 1.54) is 13.1 Å². The summed E-state index contributed by atoms with van der Waals surface area (Å²) < 4.78 is 14.2. The van der Waals surface area contributed by atoms with E-state index in [-0.39, 0.29) is 67.1 Å². The molecule has 2 unspecified atom stereocenters. The number of carbonyl (C=O) groups is 4. The average Bonchev–Trinajstić information content (AvgIpc) is 3.60. The molecule has 0 saturated carbocycles. The van der Waals surface area contributed by atoms with Crippen LogP contribution in [0.1, 0.15) is 96.7 Å². The molecule has 0 aliphatic carbocycles. The summed E-state index contributed by atoms with van der Waals surface area (Å²) in [5.41, 5.74) is 5.52. The fourth-order valence-corrected chi connectivity index (χ4v) is 7.23. The number of benzene rings is 5. The molecule has 0 bridgehead atoms. The smallest absolute Gasteiger partial charge is 0.251 e. The maximum atomic E-state index is 12.9. The van der Waals surface area contributed by atoms with Crippen LogP contribution in [0.4, 0.5) is 0 Å². The highest BCUT2D eigenvalue weighted by Crippen LogP contribution is 2.28. The van der Waals surface area contributed by atoms with Crippen molar-refractivity contribution in [1.29, 1.82) is 0 Å². The summed E-state index contributed by atoms with van der Waals surface area (Å²) in [4.78, 5) is 55.0. The molecule has 15 heteroatoms. The molecule has 370 valence electrons. The second-order valence-corrected chi connectivity index (χ2v) is 16.8. The van der Waals surface area contributed by atoms with E-state index in [0.717, 1.165) is 38.0 Å². The van der Waals surface area contributed by atoms with Gasteiger partial charge in [-0.1, -0.05) is 125 Å². The Morgan fingerprint density at radius 2 is 1.03 bits per heavy atom. The molecule has 0 aliphatic heterocycles. The van der Waals surface area contributed by atoms with E-state index in [2.05, 4.69) is 41.8 Å². The van der Waals surface area contributed by atoms with Gasteiger partial charge in [0.15, 0.2) is 0 Å². The number of carbonyl (C=O) groups excluding carboxylic acids is 4. The number of para-hydroxylation sites is 2. The summed E-state index contributed by atoms with van der Waals surface area (Å²) >= 11 is 15.9. The SMILES string of the molecule is C.C.C.C.C.CNC(=O)C(Cc1ccc(-c2nc3ccccc3n2C)cc1)NC(=O)c1ccc(OC(C)C)c(Cl)c1.CNC(=O)C(Cc1ccc(Br)cc1)NC(=O)c1ccc(OC(C)C)c(Cl)c1. The molecule has 0 spiro atoms. The molecule has 0 radical (unpaired) electrons. The standard InChI is InChI=1S/C28H29ClN4O3.C20H22BrClN2O3.5CH4/c1-17(2)36-25-14-13-20(16-21(25)29)27(34)32-23(28(35)30-3)15-18-9-11-19(12-10-18)26-31-22-7-5-6-8-24(22)33(26)4;1-12(2)27-18-9-6-14(11-16(18)22)19(25)24-17(20(26)23-3)10-13-4-7-15(21)8-5-13;;;;;/h5-14,16-17,23H,15H2,1-4H3,(H,30,35)(H,32,34);4-9,11-12,17H,10H2,1-3H3,(H,23,26)(H,24,25);5*1H4. The molecule has 0 saturated heterocycles.